The summed E-state index contributed by atoms with van der Waals surface area (Å²) in [6.45, 7) is 2.61. The van der Waals surface area contributed by atoms with Gasteiger partial charge in [-0.05, 0) is 30.7 Å². The zero-order valence-electron chi connectivity index (χ0n) is 15.7. The molecule has 0 aliphatic rings. The van der Waals surface area contributed by atoms with Crippen molar-refractivity contribution in [3.8, 4) is 0 Å². The molecule has 4 aromatic rings. The lowest BCUT2D eigenvalue weighted by Crippen LogP contribution is -2.22. The molecule has 0 radical (unpaired) electrons. The van der Waals surface area contributed by atoms with E-state index in [4.69, 9.17) is 0 Å². The summed E-state index contributed by atoms with van der Waals surface area (Å²) in [6, 6.07) is 19.9. The predicted molar refractivity (Wildman–Crippen MR) is 110 cm³/mol. The van der Waals surface area contributed by atoms with Crippen molar-refractivity contribution in [3.63, 3.8) is 0 Å². The average Bonchev–Trinajstić information content (AvgIpc) is 3.15. The minimum Gasteiger partial charge on any atom is -0.345 e. The van der Waals surface area contributed by atoms with E-state index in [1.165, 1.54) is 11.6 Å². The molecular formula is C22H18N4O3. The van der Waals surface area contributed by atoms with E-state index in [1.54, 1.807) is 24.3 Å². The number of nitro benzene ring substituents is 1. The summed E-state index contributed by atoms with van der Waals surface area (Å²) < 4.78 is 1.88. The number of fused-ring (bicyclic) bond motifs is 1. The zero-order chi connectivity index (χ0) is 20.4. The summed E-state index contributed by atoms with van der Waals surface area (Å²) in [5.74, 6) is -0.487. The highest BCUT2D eigenvalue weighted by atomic mass is 16.6. The van der Waals surface area contributed by atoms with Gasteiger partial charge in [0.2, 0.25) is 0 Å². The number of aryl methyl sites for hydroxylation is 1. The van der Waals surface area contributed by atoms with E-state index in [1.807, 2.05) is 54.1 Å². The van der Waals surface area contributed by atoms with E-state index in [2.05, 4.69) is 9.98 Å². The number of rotatable bonds is 4. The number of nitrogens with zero attached hydrogens (tertiary/aromatic N) is 3. The van der Waals surface area contributed by atoms with Crippen LogP contribution in [-0.4, -0.2) is 20.4 Å². The van der Waals surface area contributed by atoms with Gasteiger partial charge in [0.25, 0.3) is 11.6 Å². The number of benzene rings is 2. The van der Waals surface area contributed by atoms with Crippen molar-refractivity contribution in [2.45, 2.75) is 13.5 Å². The van der Waals surface area contributed by atoms with Crippen molar-refractivity contribution in [2.75, 3.05) is 0 Å². The third-order valence-electron chi connectivity index (χ3n) is 4.67. The van der Waals surface area contributed by atoms with Gasteiger partial charge in [-0.25, -0.2) is 0 Å². The number of para-hydroxylation sites is 1. The smallest absolute Gasteiger partial charge is 0.295 e. The van der Waals surface area contributed by atoms with Crippen LogP contribution in [0.2, 0.25) is 0 Å². The maximum Gasteiger partial charge on any atom is 0.295 e. The molecular weight excluding hydrogens is 368 g/mol. The van der Waals surface area contributed by atoms with Gasteiger partial charge in [-0.2, -0.15) is 4.99 Å². The number of carbonyl (C=O) groups is 1. The van der Waals surface area contributed by atoms with Crippen LogP contribution in [0.1, 0.15) is 21.6 Å². The number of H-pyrrole nitrogens is 1. The number of nitrogens with one attached hydrogen (secondary N) is 1. The van der Waals surface area contributed by atoms with Crippen LogP contribution in [0.25, 0.3) is 10.9 Å². The first kappa shape index (κ1) is 18.4. The van der Waals surface area contributed by atoms with E-state index in [0.717, 1.165) is 5.56 Å². The molecule has 29 heavy (non-hydrogen) atoms. The summed E-state index contributed by atoms with van der Waals surface area (Å²) >= 11 is 0. The molecule has 144 valence electrons. The monoisotopic (exact) mass is 386 g/mol. The van der Waals surface area contributed by atoms with Crippen LogP contribution in [0.3, 0.4) is 0 Å². The molecule has 2 heterocycles. The first-order valence-electron chi connectivity index (χ1n) is 9.07. The molecule has 0 aliphatic heterocycles. The maximum absolute atomic E-state index is 12.7. The number of aromatic amines is 1. The molecule has 0 spiro atoms. The Bertz CT molecular complexity index is 1280. The summed E-state index contributed by atoms with van der Waals surface area (Å²) in [6.07, 6.45) is 1.86. The Kier molecular flexibility index (Phi) is 4.78. The van der Waals surface area contributed by atoms with E-state index in [9.17, 15) is 14.9 Å². The number of aromatic nitrogens is 2. The molecule has 1 N–H and O–H groups in total. The molecule has 0 fully saturated rings. The van der Waals surface area contributed by atoms with Gasteiger partial charge >= 0.3 is 0 Å². The zero-order valence-corrected chi connectivity index (χ0v) is 15.7. The molecule has 0 saturated carbocycles. The molecule has 2 aromatic carbocycles. The van der Waals surface area contributed by atoms with Crippen molar-refractivity contribution in [1.82, 2.24) is 9.55 Å². The number of carbonyl (C=O) groups excluding carboxylic acids is 1. The van der Waals surface area contributed by atoms with Crippen LogP contribution in [0.4, 0.5) is 5.69 Å². The third kappa shape index (κ3) is 3.84. The number of nitro groups is 1. The van der Waals surface area contributed by atoms with Crippen LogP contribution in [0.15, 0.2) is 77.9 Å². The van der Waals surface area contributed by atoms with E-state index in [-0.39, 0.29) is 11.4 Å². The van der Waals surface area contributed by atoms with Crippen LogP contribution in [0, 0.1) is 17.0 Å². The van der Waals surface area contributed by atoms with Crippen LogP contribution in [-0.2, 0) is 6.54 Å². The molecule has 0 aliphatic carbocycles. The average molecular weight is 386 g/mol. The highest BCUT2D eigenvalue weighted by Gasteiger charge is 2.16. The largest absolute Gasteiger partial charge is 0.345 e. The lowest BCUT2D eigenvalue weighted by atomic mass is 10.1. The van der Waals surface area contributed by atoms with Gasteiger partial charge in [0.15, 0.2) is 0 Å². The number of pyridine rings is 1. The number of hydrogen-bond donors (Lipinski definition) is 1. The second kappa shape index (κ2) is 7.55. The van der Waals surface area contributed by atoms with Crippen molar-refractivity contribution < 1.29 is 9.72 Å². The fourth-order valence-corrected chi connectivity index (χ4v) is 3.16. The van der Waals surface area contributed by atoms with Gasteiger partial charge in [-0.3, -0.25) is 14.9 Å². The minimum absolute atomic E-state index is 0.0734. The summed E-state index contributed by atoms with van der Waals surface area (Å²) in [7, 11) is 0. The summed E-state index contributed by atoms with van der Waals surface area (Å²) in [5.41, 5.74) is 3.23. The normalized spacial score (nSPS) is 11.7. The van der Waals surface area contributed by atoms with Crippen molar-refractivity contribution in [2.24, 2.45) is 4.99 Å². The number of amides is 1. The lowest BCUT2D eigenvalue weighted by molar-refractivity contribution is -0.383. The SMILES string of the molecule is Cc1ccc(Cn2ccccc2=NC(=O)c2cc3cccc([N+](=O)[O-])c3[nH]2)cc1. The van der Waals surface area contributed by atoms with Gasteiger partial charge in [0.1, 0.15) is 16.7 Å². The van der Waals surface area contributed by atoms with Gasteiger partial charge in [-0.15, -0.1) is 0 Å². The molecule has 0 unspecified atom stereocenters. The molecule has 2 aromatic heterocycles. The Labute approximate surface area is 166 Å². The second-order valence-electron chi connectivity index (χ2n) is 6.77. The van der Waals surface area contributed by atoms with Crippen LogP contribution in [0.5, 0.6) is 0 Å². The minimum atomic E-state index is -0.487. The first-order chi connectivity index (χ1) is 14.0. The third-order valence-corrected chi connectivity index (χ3v) is 4.67. The standard InChI is InChI=1S/C22H18N4O3/c1-15-8-10-16(11-9-15)14-25-12-3-2-7-20(25)24-22(27)18-13-17-5-4-6-19(26(28)29)21(17)23-18/h2-13,23H,14H2,1H3. The fourth-order valence-electron chi connectivity index (χ4n) is 3.16. The molecule has 0 bridgehead atoms. The first-order valence-corrected chi connectivity index (χ1v) is 9.07. The maximum atomic E-state index is 12.7. The second-order valence-corrected chi connectivity index (χ2v) is 6.77. The summed E-state index contributed by atoms with van der Waals surface area (Å²) in [4.78, 5) is 30.5. The highest BCUT2D eigenvalue weighted by molar-refractivity contribution is 6.00. The molecule has 4 rings (SSSR count). The molecule has 0 atom stereocenters. The van der Waals surface area contributed by atoms with Gasteiger partial charge in [0.05, 0.1) is 4.92 Å². The Morgan fingerprint density at radius 1 is 1.10 bits per heavy atom. The molecule has 7 nitrogen and oxygen atoms in total. The van der Waals surface area contributed by atoms with Crippen molar-refractivity contribution in [1.29, 1.82) is 0 Å². The molecule has 7 heteroatoms. The lowest BCUT2D eigenvalue weighted by Gasteiger charge is -2.07. The van der Waals surface area contributed by atoms with E-state index >= 15 is 0 Å². The van der Waals surface area contributed by atoms with Crippen molar-refractivity contribution in [3.05, 3.63) is 105 Å². The Morgan fingerprint density at radius 2 is 1.90 bits per heavy atom. The molecule has 0 saturated heterocycles. The van der Waals surface area contributed by atoms with E-state index in [0.29, 0.717) is 22.9 Å². The number of hydrogen-bond acceptors (Lipinski definition) is 3. The highest BCUT2D eigenvalue weighted by Crippen LogP contribution is 2.25. The van der Waals surface area contributed by atoms with Gasteiger partial charge < -0.3 is 9.55 Å². The topological polar surface area (TPSA) is 93.3 Å². The Morgan fingerprint density at radius 3 is 2.66 bits per heavy atom. The van der Waals surface area contributed by atoms with Gasteiger partial charge in [0, 0.05) is 24.2 Å². The quantitative estimate of drug-likeness (QED) is 0.425. The fraction of sp³-hybridized carbons (Fsp3) is 0.0909. The van der Waals surface area contributed by atoms with Gasteiger partial charge in [-0.1, -0.05) is 48.0 Å². The Balaban J connectivity index is 1.70. The van der Waals surface area contributed by atoms with E-state index < -0.39 is 10.8 Å². The molecule has 1 amide bonds. The number of non-ortho nitro benzene ring substituents is 1. The van der Waals surface area contributed by atoms with Crippen LogP contribution < -0.4 is 5.49 Å². The predicted octanol–water partition coefficient (Wildman–Crippen LogP) is 3.98. The Hall–Kier alpha value is -4.00. The van der Waals surface area contributed by atoms with Crippen molar-refractivity contribution >= 4 is 22.5 Å². The van der Waals surface area contributed by atoms with Crippen LogP contribution >= 0.6 is 0 Å². The summed E-state index contributed by atoms with van der Waals surface area (Å²) in [5, 5.41) is 11.8.